The van der Waals surface area contributed by atoms with Gasteiger partial charge in [0.05, 0.1) is 11.9 Å². The van der Waals surface area contributed by atoms with Crippen molar-refractivity contribution in [1.82, 2.24) is 10.2 Å². The van der Waals surface area contributed by atoms with Crippen LogP contribution in [0.4, 0.5) is 5.69 Å². The first-order chi connectivity index (χ1) is 18.9. The largest absolute Gasteiger partial charge is 0.354 e. The highest BCUT2D eigenvalue weighted by atomic mass is 35.5. The Morgan fingerprint density at radius 1 is 0.925 bits per heavy atom. The second kappa shape index (κ2) is 14.2. The molecule has 2 amide bonds. The quantitative estimate of drug-likeness (QED) is 0.272. The van der Waals surface area contributed by atoms with E-state index in [-0.39, 0.29) is 24.6 Å². The van der Waals surface area contributed by atoms with Gasteiger partial charge in [-0.15, -0.1) is 0 Å². The average Bonchev–Trinajstić information content (AvgIpc) is 2.90. The fraction of sp³-hybridized carbons (Fsp3) is 0.310. The Kier molecular flexibility index (Phi) is 11.3. The smallest absolute Gasteiger partial charge is 0.244 e. The van der Waals surface area contributed by atoms with Crippen LogP contribution in [0.5, 0.6) is 0 Å². The molecule has 0 saturated carbocycles. The zero-order valence-corrected chi connectivity index (χ0v) is 25.6. The first-order valence-electron chi connectivity index (χ1n) is 12.7. The molecule has 1 N–H and O–H groups in total. The molecule has 3 aromatic carbocycles. The third kappa shape index (κ3) is 8.36. The van der Waals surface area contributed by atoms with Gasteiger partial charge in [0.1, 0.15) is 12.6 Å². The van der Waals surface area contributed by atoms with E-state index in [1.165, 1.54) is 11.0 Å². The topological polar surface area (TPSA) is 86.8 Å². The second-order valence-electron chi connectivity index (χ2n) is 9.42. The lowest BCUT2D eigenvalue weighted by molar-refractivity contribution is -0.140. The minimum Gasteiger partial charge on any atom is -0.354 e. The SMILES string of the molecule is CCCNC(=O)C(Cc1ccccc1)N(Cc1c(Cl)cccc1Cl)C(=O)CN(c1ccc(C)c(Cl)c1)S(C)(=O)=O. The van der Waals surface area contributed by atoms with E-state index < -0.39 is 28.5 Å². The molecule has 40 heavy (non-hydrogen) atoms. The molecule has 0 aliphatic rings. The molecule has 7 nitrogen and oxygen atoms in total. The summed E-state index contributed by atoms with van der Waals surface area (Å²) >= 11 is 19.2. The number of anilines is 1. The van der Waals surface area contributed by atoms with Crippen molar-refractivity contribution in [1.29, 1.82) is 0 Å². The van der Waals surface area contributed by atoms with Gasteiger partial charge in [-0.1, -0.05) is 84.2 Å². The van der Waals surface area contributed by atoms with Crippen molar-refractivity contribution >= 4 is 62.3 Å². The van der Waals surface area contributed by atoms with Crippen LogP contribution in [0.15, 0.2) is 66.7 Å². The summed E-state index contributed by atoms with van der Waals surface area (Å²) in [6, 6.07) is 18.0. The van der Waals surface area contributed by atoms with E-state index in [0.29, 0.717) is 33.6 Å². The molecule has 214 valence electrons. The monoisotopic (exact) mass is 623 g/mol. The highest BCUT2D eigenvalue weighted by molar-refractivity contribution is 7.92. The Morgan fingerprint density at radius 2 is 1.57 bits per heavy atom. The van der Waals surface area contributed by atoms with Crippen LogP contribution in [0.2, 0.25) is 15.1 Å². The molecule has 0 heterocycles. The van der Waals surface area contributed by atoms with Gasteiger partial charge in [-0.3, -0.25) is 13.9 Å². The first kappa shape index (κ1) is 31.7. The molecule has 0 saturated heterocycles. The number of aryl methyl sites for hydroxylation is 1. The zero-order valence-electron chi connectivity index (χ0n) is 22.5. The van der Waals surface area contributed by atoms with E-state index >= 15 is 0 Å². The van der Waals surface area contributed by atoms with Crippen molar-refractivity contribution in [2.24, 2.45) is 0 Å². The minimum absolute atomic E-state index is 0.110. The van der Waals surface area contributed by atoms with E-state index in [1.807, 2.05) is 37.3 Å². The van der Waals surface area contributed by atoms with Gasteiger partial charge in [0.25, 0.3) is 0 Å². The van der Waals surface area contributed by atoms with E-state index in [4.69, 9.17) is 34.8 Å². The lowest BCUT2D eigenvalue weighted by atomic mass is 10.0. The number of benzene rings is 3. The molecule has 0 spiro atoms. The van der Waals surface area contributed by atoms with Gasteiger partial charge in [-0.05, 0) is 48.7 Å². The standard InChI is InChI=1S/C29H32Cl3N3O4S/c1-4-15-33-29(37)27(16-21-9-6-5-7-10-21)34(18-23-24(30)11-8-12-25(23)31)28(36)19-35(40(3,38)39)22-14-13-20(2)26(32)17-22/h5-14,17,27H,4,15-16,18-19H2,1-3H3,(H,33,37). The molecule has 0 radical (unpaired) electrons. The Labute approximate surface area is 251 Å². The van der Waals surface area contributed by atoms with Crippen LogP contribution in [0, 0.1) is 6.92 Å². The van der Waals surface area contributed by atoms with Gasteiger partial charge in [0, 0.05) is 40.1 Å². The molecule has 0 fully saturated rings. The molecule has 0 aromatic heterocycles. The number of sulfonamides is 1. The van der Waals surface area contributed by atoms with Crippen molar-refractivity contribution in [3.63, 3.8) is 0 Å². The third-order valence-electron chi connectivity index (χ3n) is 6.33. The lowest BCUT2D eigenvalue weighted by Crippen LogP contribution is -2.53. The van der Waals surface area contributed by atoms with Crippen LogP contribution >= 0.6 is 34.8 Å². The Balaban J connectivity index is 2.10. The number of hydrogen-bond donors (Lipinski definition) is 1. The maximum absolute atomic E-state index is 14.1. The average molecular weight is 625 g/mol. The molecular weight excluding hydrogens is 593 g/mol. The maximum Gasteiger partial charge on any atom is 0.244 e. The number of nitrogens with zero attached hydrogens (tertiary/aromatic N) is 2. The summed E-state index contributed by atoms with van der Waals surface area (Å²) in [5.41, 5.74) is 2.27. The maximum atomic E-state index is 14.1. The van der Waals surface area contributed by atoms with Crippen molar-refractivity contribution in [3.8, 4) is 0 Å². The summed E-state index contributed by atoms with van der Waals surface area (Å²) in [7, 11) is -3.91. The van der Waals surface area contributed by atoms with Crippen LogP contribution in [-0.2, 0) is 32.6 Å². The fourth-order valence-electron chi connectivity index (χ4n) is 4.12. The van der Waals surface area contributed by atoms with Crippen molar-refractivity contribution in [2.45, 2.75) is 39.3 Å². The van der Waals surface area contributed by atoms with Gasteiger partial charge in [0.15, 0.2) is 0 Å². The van der Waals surface area contributed by atoms with Crippen LogP contribution in [0.1, 0.15) is 30.0 Å². The number of amides is 2. The molecule has 0 aliphatic carbocycles. The van der Waals surface area contributed by atoms with Crippen LogP contribution < -0.4 is 9.62 Å². The normalized spacial score (nSPS) is 12.1. The summed E-state index contributed by atoms with van der Waals surface area (Å²) in [6.07, 6.45) is 1.91. The highest BCUT2D eigenvalue weighted by Crippen LogP contribution is 2.29. The number of carbonyl (C=O) groups is 2. The molecule has 0 bridgehead atoms. The van der Waals surface area contributed by atoms with E-state index in [2.05, 4.69) is 5.32 Å². The Hall–Kier alpha value is -2.78. The predicted molar refractivity (Wildman–Crippen MR) is 163 cm³/mol. The van der Waals surface area contributed by atoms with Crippen molar-refractivity contribution in [3.05, 3.63) is 98.5 Å². The highest BCUT2D eigenvalue weighted by Gasteiger charge is 2.33. The van der Waals surface area contributed by atoms with Crippen molar-refractivity contribution in [2.75, 3.05) is 23.7 Å². The lowest BCUT2D eigenvalue weighted by Gasteiger charge is -2.34. The van der Waals surface area contributed by atoms with Gasteiger partial charge in [-0.2, -0.15) is 0 Å². The van der Waals surface area contributed by atoms with Crippen LogP contribution in [0.3, 0.4) is 0 Å². The predicted octanol–water partition coefficient (Wildman–Crippen LogP) is 5.89. The molecule has 11 heteroatoms. The summed E-state index contributed by atoms with van der Waals surface area (Å²) < 4.78 is 26.7. The minimum atomic E-state index is -3.91. The van der Waals surface area contributed by atoms with Crippen LogP contribution in [0.25, 0.3) is 0 Å². The summed E-state index contributed by atoms with van der Waals surface area (Å²) in [4.78, 5) is 29.0. The van der Waals surface area contributed by atoms with E-state index in [1.54, 1.807) is 37.3 Å². The second-order valence-corrected chi connectivity index (χ2v) is 12.5. The van der Waals surface area contributed by atoms with Crippen LogP contribution in [-0.4, -0.2) is 50.5 Å². The number of halogens is 3. The number of rotatable bonds is 12. The first-order valence-corrected chi connectivity index (χ1v) is 15.7. The third-order valence-corrected chi connectivity index (χ3v) is 8.59. The van der Waals surface area contributed by atoms with Gasteiger partial charge < -0.3 is 10.2 Å². The molecule has 1 unspecified atom stereocenters. The summed E-state index contributed by atoms with van der Waals surface area (Å²) in [5, 5.41) is 3.89. The molecule has 3 aromatic rings. The van der Waals surface area contributed by atoms with Gasteiger partial charge in [0.2, 0.25) is 21.8 Å². The molecule has 1 atom stereocenters. The molecule has 3 rings (SSSR count). The van der Waals surface area contributed by atoms with Crippen molar-refractivity contribution < 1.29 is 18.0 Å². The number of nitrogens with one attached hydrogen (secondary N) is 1. The summed E-state index contributed by atoms with van der Waals surface area (Å²) in [5.74, 6) is -0.975. The Morgan fingerprint density at radius 3 is 2.15 bits per heavy atom. The fourth-order valence-corrected chi connectivity index (χ4v) is 5.66. The molecule has 0 aliphatic heterocycles. The van der Waals surface area contributed by atoms with Gasteiger partial charge in [-0.25, -0.2) is 8.42 Å². The Bertz CT molecular complexity index is 1430. The van der Waals surface area contributed by atoms with E-state index in [0.717, 1.165) is 21.7 Å². The zero-order chi connectivity index (χ0) is 29.4. The van der Waals surface area contributed by atoms with Gasteiger partial charge >= 0.3 is 0 Å². The summed E-state index contributed by atoms with van der Waals surface area (Å²) in [6.45, 7) is 3.46. The van der Waals surface area contributed by atoms with E-state index in [9.17, 15) is 18.0 Å². The number of carbonyl (C=O) groups excluding carboxylic acids is 2. The number of hydrogen-bond acceptors (Lipinski definition) is 4. The molecular formula is C29H32Cl3N3O4S.